The summed E-state index contributed by atoms with van der Waals surface area (Å²) in [6.07, 6.45) is 16.3. The minimum atomic E-state index is 0.0745. The maximum Gasteiger partial charge on any atom is 0.257 e. The van der Waals surface area contributed by atoms with E-state index in [0.29, 0.717) is 17.6 Å². The van der Waals surface area contributed by atoms with E-state index in [1.54, 1.807) is 18.0 Å². The molecule has 1 aromatic heterocycles. The highest BCUT2D eigenvalue weighted by Gasteiger charge is 2.26. The van der Waals surface area contributed by atoms with Crippen LogP contribution in [0.5, 0.6) is 0 Å². The van der Waals surface area contributed by atoms with Gasteiger partial charge in [0.25, 0.3) is 5.91 Å². The van der Waals surface area contributed by atoms with Crippen LogP contribution < -0.4 is 5.32 Å². The monoisotopic (exact) mass is 342 g/mol. The number of aromatic nitrogens is 2. The Morgan fingerprint density at radius 1 is 1.24 bits per heavy atom. The van der Waals surface area contributed by atoms with Gasteiger partial charge in [0.05, 0.1) is 5.56 Å². The van der Waals surface area contributed by atoms with Gasteiger partial charge in [0.1, 0.15) is 0 Å². The number of piperidine rings is 1. The molecule has 1 aliphatic heterocycles. The average Bonchev–Trinajstić information content (AvgIpc) is 2.69. The first-order valence-corrected chi connectivity index (χ1v) is 9.82. The topological polar surface area (TPSA) is 58.1 Å². The predicted molar refractivity (Wildman–Crippen MR) is 101 cm³/mol. The fourth-order valence-corrected chi connectivity index (χ4v) is 3.85. The molecule has 2 aliphatic rings. The Morgan fingerprint density at radius 2 is 2.08 bits per heavy atom. The fourth-order valence-electron chi connectivity index (χ4n) is 3.85. The molecule has 0 radical (unpaired) electrons. The lowest BCUT2D eigenvalue weighted by Gasteiger charge is -2.35. The van der Waals surface area contributed by atoms with Gasteiger partial charge in [-0.3, -0.25) is 4.79 Å². The molecular weight excluding hydrogens is 312 g/mol. The largest absolute Gasteiger partial charge is 0.354 e. The SMILES string of the molecule is CCC1CCCCN1C(=O)c1cnc(NCCC2=CCCCC2)nc1. The maximum absolute atomic E-state index is 12.7. The molecule has 5 nitrogen and oxygen atoms in total. The number of amides is 1. The Morgan fingerprint density at radius 3 is 2.80 bits per heavy atom. The molecule has 3 rings (SSSR count). The number of hydrogen-bond acceptors (Lipinski definition) is 4. The van der Waals surface area contributed by atoms with E-state index in [1.165, 1.54) is 32.1 Å². The van der Waals surface area contributed by atoms with Crippen molar-refractivity contribution < 1.29 is 4.79 Å². The van der Waals surface area contributed by atoms with Crippen molar-refractivity contribution >= 4 is 11.9 Å². The van der Waals surface area contributed by atoms with E-state index in [9.17, 15) is 4.79 Å². The third kappa shape index (κ3) is 4.80. The molecule has 1 aromatic rings. The number of nitrogens with one attached hydrogen (secondary N) is 1. The highest BCUT2D eigenvalue weighted by Crippen LogP contribution is 2.22. The molecular formula is C20H30N4O. The minimum absolute atomic E-state index is 0.0745. The Hall–Kier alpha value is -1.91. The Kier molecular flexibility index (Phi) is 6.42. The maximum atomic E-state index is 12.7. The molecule has 1 aliphatic carbocycles. The first-order chi connectivity index (χ1) is 12.3. The first-order valence-electron chi connectivity index (χ1n) is 9.82. The van der Waals surface area contributed by atoms with Crippen LogP contribution in [0.15, 0.2) is 24.0 Å². The van der Waals surface area contributed by atoms with Gasteiger partial charge in [-0.15, -0.1) is 0 Å². The second-order valence-electron chi connectivity index (χ2n) is 7.14. The third-order valence-electron chi connectivity index (χ3n) is 5.37. The second-order valence-corrected chi connectivity index (χ2v) is 7.14. The van der Waals surface area contributed by atoms with E-state index in [1.807, 2.05) is 4.90 Å². The number of anilines is 1. The van der Waals surface area contributed by atoms with E-state index in [-0.39, 0.29) is 5.91 Å². The van der Waals surface area contributed by atoms with Crippen LogP contribution in [0.3, 0.4) is 0 Å². The minimum Gasteiger partial charge on any atom is -0.354 e. The normalized spacial score (nSPS) is 20.9. The van der Waals surface area contributed by atoms with Crippen LogP contribution in [0.4, 0.5) is 5.95 Å². The summed E-state index contributed by atoms with van der Waals surface area (Å²) < 4.78 is 0. The van der Waals surface area contributed by atoms with Crippen LogP contribution in [-0.4, -0.2) is 39.9 Å². The molecule has 25 heavy (non-hydrogen) atoms. The molecule has 0 bridgehead atoms. The van der Waals surface area contributed by atoms with E-state index in [4.69, 9.17) is 0 Å². The van der Waals surface area contributed by atoms with Gasteiger partial charge in [-0.2, -0.15) is 0 Å². The number of nitrogens with zero attached hydrogens (tertiary/aromatic N) is 3. The number of carbonyl (C=O) groups excluding carboxylic acids is 1. The lowest BCUT2D eigenvalue weighted by atomic mass is 9.97. The molecule has 1 saturated heterocycles. The summed E-state index contributed by atoms with van der Waals surface area (Å²) in [7, 11) is 0. The van der Waals surface area contributed by atoms with Crippen LogP contribution >= 0.6 is 0 Å². The zero-order chi connectivity index (χ0) is 17.5. The summed E-state index contributed by atoms with van der Waals surface area (Å²) in [5.41, 5.74) is 2.14. The van der Waals surface area contributed by atoms with Crippen molar-refractivity contribution in [2.45, 2.75) is 70.8 Å². The van der Waals surface area contributed by atoms with Gasteiger partial charge in [-0.1, -0.05) is 18.6 Å². The van der Waals surface area contributed by atoms with Crippen molar-refractivity contribution in [1.29, 1.82) is 0 Å². The van der Waals surface area contributed by atoms with Crippen molar-refractivity contribution in [1.82, 2.24) is 14.9 Å². The van der Waals surface area contributed by atoms with Crippen molar-refractivity contribution in [3.05, 3.63) is 29.6 Å². The summed E-state index contributed by atoms with van der Waals surface area (Å²) in [5, 5.41) is 3.27. The fraction of sp³-hybridized carbons (Fsp3) is 0.650. The van der Waals surface area contributed by atoms with Gasteiger partial charge < -0.3 is 10.2 Å². The molecule has 1 unspecified atom stereocenters. The molecule has 5 heteroatoms. The number of allylic oxidation sites excluding steroid dienone is 1. The summed E-state index contributed by atoms with van der Waals surface area (Å²) in [5.74, 6) is 0.684. The second kappa shape index (κ2) is 8.97. The first kappa shape index (κ1) is 17.9. The Bertz CT molecular complexity index is 596. The highest BCUT2D eigenvalue weighted by atomic mass is 16.2. The van der Waals surface area contributed by atoms with Crippen molar-refractivity contribution in [3.8, 4) is 0 Å². The van der Waals surface area contributed by atoms with Gasteiger partial charge in [0, 0.05) is 31.5 Å². The number of rotatable bonds is 6. The van der Waals surface area contributed by atoms with Gasteiger partial charge >= 0.3 is 0 Å². The van der Waals surface area contributed by atoms with Crippen LogP contribution in [0.1, 0.15) is 75.1 Å². The quantitative estimate of drug-likeness (QED) is 0.788. The number of hydrogen-bond donors (Lipinski definition) is 1. The Balaban J connectivity index is 1.52. The molecule has 0 aromatic carbocycles. The molecule has 1 atom stereocenters. The lowest BCUT2D eigenvalue weighted by Crippen LogP contribution is -2.43. The van der Waals surface area contributed by atoms with Crippen molar-refractivity contribution in [2.24, 2.45) is 0 Å². The predicted octanol–water partition coefficient (Wildman–Crippen LogP) is 4.18. The van der Waals surface area contributed by atoms with Crippen LogP contribution in [-0.2, 0) is 0 Å². The Labute approximate surface area is 150 Å². The van der Waals surface area contributed by atoms with E-state index >= 15 is 0 Å². The summed E-state index contributed by atoms with van der Waals surface area (Å²) in [6.45, 7) is 3.86. The molecule has 1 N–H and O–H groups in total. The van der Waals surface area contributed by atoms with Crippen LogP contribution in [0.25, 0.3) is 0 Å². The molecule has 1 amide bonds. The molecule has 136 valence electrons. The molecule has 1 fully saturated rings. The van der Waals surface area contributed by atoms with Crippen LogP contribution in [0.2, 0.25) is 0 Å². The van der Waals surface area contributed by atoms with E-state index in [0.717, 1.165) is 38.8 Å². The number of likely N-dealkylation sites (tertiary alicyclic amines) is 1. The van der Waals surface area contributed by atoms with E-state index < -0.39 is 0 Å². The van der Waals surface area contributed by atoms with Gasteiger partial charge in [0.2, 0.25) is 5.95 Å². The number of carbonyl (C=O) groups is 1. The zero-order valence-electron chi connectivity index (χ0n) is 15.3. The molecule has 0 spiro atoms. The lowest BCUT2D eigenvalue weighted by molar-refractivity contribution is 0.0607. The van der Waals surface area contributed by atoms with Gasteiger partial charge in [-0.05, 0) is 57.8 Å². The summed E-state index contributed by atoms with van der Waals surface area (Å²) in [4.78, 5) is 23.4. The third-order valence-corrected chi connectivity index (χ3v) is 5.37. The van der Waals surface area contributed by atoms with Crippen molar-refractivity contribution in [3.63, 3.8) is 0 Å². The van der Waals surface area contributed by atoms with Gasteiger partial charge in [-0.25, -0.2) is 9.97 Å². The zero-order valence-corrected chi connectivity index (χ0v) is 15.3. The standard InChI is InChI=1S/C20H30N4O/c1-2-18-10-6-7-13-24(18)19(25)17-14-22-20(23-15-17)21-12-11-16-8-4-3-5-9-16/h8,14-15,18H,2-7,9-13H2,1H3,(H,21,22,23). The summed E-state index contributed by atoms with van der Waals surface area (Å²) in [6, 6.07) is 0.364. The molecule has 0 saturated carbocycles. The molecule has 2 heterocycles. The van der Waals surface area contributed by atoms with Gasteiger partial charge in [0.15, 0.2) is 0 Å². The van der Waals surface area contributed by atoms with Crippen LogP contribution in [0, 0.1) is 0 Å². The smallest absolute Gasteiger partial charge is 0.257 e. The highest BCUT2D eigenvalue weighted by molar-refractivity contribution is 5.94. The van der Waals surface area contributed by atoms with Crippen molar-refractivity contribution in [2.75, 3.05) is 18.4 Å². The average molecular weight is 342 g/mol. The van der Waals surface area contributed by atoms with E-state index in [2.05, 4.69) is 28.3 Å². The summed E-state index contributed by atoms with van der Waals surface area (Å²) >= 11 is 0.